The third-order valence-electron chi connectivity index (χ3n) is 9.16. The maximum absolute atomic E-state index is 13.3. The summed E-state index contributed by atoms with van der Waals surface area (Å²) < 4.78 is 51.0. The van der Waals surface area contributed by atoms with Crippen LogP contribution in [0.2, 0.25) is 0 Å². The van der Waals surface area contributed by atoms with E-state index >= 15 is 0 Å². The van der Waals surface area contributed by atoms with Gasteiger partial charge < -0.3 is 33.6 Å². The Morgan fingerprint density at radius 1 is 1.02 bits per heavy atom. The molecular formula is C35H41BrF2IN5O6. The lowest BCUT2D eigenvalue weighted by molar-refractivity contribution is -0.0434. The Morgan fingerprint density at radius 2 is 1.70 bits per heavy atom. The summed E-state index contributed by atoms with van der Waals surface area (Å²) in [4.78, 5) is 40.5. The fourth-order valence-corrected chi connectivity index (χ4v) is 7.53. The topological polar surface area (TPSA) is 107 Å². The Kier molecular flexibility index (Phi) is 11.1. The molecule has 0 aliphatic carbocycles. The van der Waals surface area contributed by atoms with Crippen molar-refractivity contribution in [2.45, 2.75) is 71.2 Å². The van der Waals surface area contributed by atoms with Crippen molar-refractivity contribution in [1.82, 2.24) is 19.8 Å². The minimum absolute atomic E-state index is 0.00870. The van der Waals surface area contributed by atoms with Crippen LogP contribution in [0.4, 0.5) is 24.2 Å². The molecule has 1 aromatic heterocycles. The van der Waals surface area contributed by atoms with Gasteiger partial charge in [0.2, 0.25) is 0 Å². The molecule has 0 saturated carbocycles. The molecule has 3 aromatic rings. The quantitative estimate of drug-likeness (QED) is 0.211. The second-order valence-corrected chi connectivity index (χ2v) is 16.1. The van der Waals surface area contributed by atoms with Gasteiger partial charge in [-0.3, -0.25) is 0 Å². The normalized spacial score (nSPS) is 18.0. The van der Waals surface area contributed by atoms with Crippen molar-refractivity contribution in [3.63, 3.8) is 0 Å². The zero-order valence-electron chi connectivity index (χ0n) is 28.3. The van der Waals surface area contributed by atoms with Gasteiger partial charge in [0.05, 0.1) is 4.47 Å². The smallest absolute Gasteiger partial charge is 0.410 e. The predicted octanol–water partition coefficient (Wildman–Crippen LogP) is 7.66. The van der Waals surface area contributed by atoms with Crippen LogP contribution in [0.5, 0.6) is 11.8 Å². The van der Waals surface area contributed by atoms with Crippen LogP contribution in [0.3, 0.4) is 0 Å². The summed E-state index contributed by atoms with van der Waals surface area (Å²) in [7, 11) is 0. The van der Waals surface area contributed by atoms with E-state index in [1.807, 2.05) is 57.2 Å². The molecule has 11 nitrogen and oxygen atoms in total. The summed E-state index contributed by atoms with van der Waals surface area (Å²) >= 11 is 5.66. The number of rotatable bonds is 8. The second-order valence-electron chi connectivity index (χ2n) is 14.1. The average molecular weight is 873 g/mol. The van der Waals surface area contributed by atoms with Gasteiger partial charge in [0.1, 0.15) is 36.3 Å². The second kappa shape index (κ2) is 15.2. The molecule has 1 spiro atoms. The molecule has 2 amide bonds. The van der Waals surface area contributed by atoms with Crippen LogP contribution in [-0.4, -0.2) is 96.0 Å². The maximum atomic E-state index is 13.3. The number of carbonyl (C=O) groups excluding carboxylic acids is 2. The number of halogens is 4. The predicted molar refractivity (Wildman–Crippen MR) is 195 cm³/mol. The number of nitrogens with zero attached hydrogens (tertiary/aromatic N) is 5. The zero-order chi connectivity index (χ0) is 35.6. The van der Waals surface area contributed by atoms with Gasteiger partial charge in [-0.2, -0.15) is 9.97 Å². The average Bonchev–Trinajstić information content (AvgIpc) is 3.06. The Morgan fingerprint density at radius 3 is 2.34 bits per heavy atom. The minimum atomic E-state index is -2.67. The number of hydrogen-bond donors (Lipinski definition) is 0. The van der Waals surface area contributed by atoms with Crippen molar-refractivity contribution in [2.24, 2.45) is 5.41 Å². The van der Waals surface area contributed by atoms with E-state index in [0.29, 0.717) is 73.3 Å². The Labute approximate surface area is 312 Å². The van der Waals surface area contributed by atoms with Crippen molar-refractivity contribution in [2.75, 3.05) is 50.8 Å². The summed E-state index contributed by atoms with van der Waals surface area (Å²) in [6.07, 6.45) is -0.830. The number of likely N-dealkylation sites (tertiary alicyclic amines) is 2. The van der Waals surface area contributed by atoms with Crippen LogP contribution in [-0.2, 0) is 16.1 Å². The number of piperidine rings is 2. The molecule has 3 saturated heterocycles. The van der Waals surface area contributed by atoms with Crippen molar-refractivity contribution >= 4 is 67.4 Å². The molecule has 0 radical (unpaired) electrons. The van der Waals surface area contributed by atoms with Crippen LogP contribution >= 0.6 is 38.5 Å². The molecule has 4 heterocycles. The number of hydrogen-bond acceptors (Lipinski definition) is 9. The largest absolute Gasteiger partial charge is 0.484 e. The molecule has 50 heavy (non-hydrogen) atoms. The molecule has 3 fully saturated rings. The lowest BCUT2D eigenvalue weighted by Gasteiger charge is -2.53. The standard InChI is InChI=1S/C35H41BrF2IN5O6/c1-34(2,3)50-33(46)44-20-35(21-44)11-15-42(16-12-35)30-24-17-25(39)27(36)29(47-19-26(37)38)28(24)40-31(41-30)49-23-9-13-43(14-10-23)32(45)48-18-22-7-5-4-6-8-22/h4-8,17,23,26H,9-16,18-21H2,1-3H3. The molecule has 3 aliphatic rings. The SMILES string of the molecule is CC(C)(C)OC(=O)N1CC2(CCN(c3nc(OC4CCN(C(=O)OCc5ccccc5)CC4)nc4c(OCC(F)F)c(Br)c(I)cc34)CC2)C1. The molecular weight excluding hydrogens is 831 g/mol. The van der Waals surface area contributed by atoms with Crippen LogP contribution in [0.1, 0.15) is 52.0 Å². The van der Waals surface area contributed by atoms with E-state index in [2.05, 4.69) is 43.4 Å². The summed E-state index contributed by atoms with van der Waals surface area (Å²) in [5, 5.41) is 0.671. The van der Waals surface area contributed by atoms with Crippen LogP contribution in [0.25, 0.3) is 10.9 Å². The van der Waals surface area contributed by atoms with E-state index in [0.717, 1.165) is 22.0 Å². The fraction of sp³-hybridized carbons (Fsp3) is 0.543. The molecule has 0 bridgehead atoms. The molecule has 6 rings (SSSR count). The minimum Gasteiger partial charge on any atom is -0.484 e. The van der Waals surface area contributed by atoms with Crippen molar-refractivity contribution < 1.29 is 37.3 Å². The van der Waals surface area contributed by atoms with E-state index in [9.17, 15) is 18.4 Å². The van der Waals surface area contributed by atoms with Crippen molar-refractivity contribution in [3.05, 3.63) is 50.0 Å². The molecule has 15 heteroatoms. The van der Waals surface area contributed by atoms with Crippen LogP contribution in [0.15, 0.2) is 40.9 Å². The summed E-state index contributed by atoms with van der Waals surface area (Å²) in [6, 6.07) is 11.6. The highest BCUT2D eigenvalue weighted by Crippen LogP contribution is 2.45. The number of benzene rings is 2. The highest BCUT2D eigenvalue weighted by molar-refractivity contribution is 14.1. The summed E-state index contributed by atoms with van der Waals surface area (Å²) in [6.45, 7) is 8.52. The van der Waals surface area contributed by atoms with Gasteiger partial charge in [-0.05, 0) is 83.8 Å². The maximum Gasteiger partial charge on any atom is 0.410 e. The lowest BCUT2D eigenvalue weighted by Crippen LogP contribution is -2.62. The van der Waals surface area contributed by atoms with Crippen molar-refractivity contribution in [1.29, 1.82) is 0 Å². The van der Waals surface area contributed by atoms with Gasteiger partial charge >= 0.3 is 18.2 Å². The number of aromatic nitrogens is 2. The number of alkyl halides is 2. The molecule has 0 N–H and O–H groups in total. The highest BCUT2D eigenvalue weighted by Gasteiger charge is 2.48. The van der Waals surface area contributed by atoms with E-state index < -0.39 is 18.6 Å². The summed E-state index contributed by atoms with van der Waals surface area (Å²) in [5.74, 6) is 0.842. The lowest BCUT2D eigenvalue weighted by atomic mass is 9.72. The van der Waals surface area contributed by atoms with E-state index in [4.69, 9.17) is 28.9 Å². The van der Waals surface area contributed by atoms with Crippen LogP contribution < -0.4 is 14.4 Å². The molecule has 0 unspecified atom stereocenters. The fourth-order valence-electron chi connectivity index (χ4n) is 6.56. The Hall–Kier alpha value is -3.21. The van der Waals surface area contributed by atoms with E-state index in [1.165, 1.54) is 0 Å². The first-order valence-electron chi connectivity index (χ1n) is 16.7. The van der Waals surface area contributed by atoms with Gasteiger partial charge in [-0.25, -0.2) is 18.4 Å². The number of anilines is 1. The molecule has 2 aromatic carbocycles. The van der Waals surface area contributed by atoms with Gasteiger partial charge in [-0.1, -0.05) is 30.3 Å². The summed E-state index contributed by atoms with van der Waals surface area (Å²) in [5.41, 5.74) is 0.752. The first-order chi connectivity index (χ1) is 23.8. The van der Waals surface area contributed by atoms with Gasteiger partial charge in [-0.15, -0.1) is 0 Å². The third-order valence-corrected chi connectivity index (χ3v) is 11.5. The first kappa shape index (κ1) is 36.6. The van der Waals surface area contributed by atoms with Crippen molar-refractivity contribution in [3.8, 4) is 11.8 Å². The number of fused-ring (bicyclic) bond motifs is 1. The molecule has 270 valence electrons. The Balaban J connectivity index is 1.17. The number of carbonyl (C=O) groups is 2. The number of amides is 2. The van der Waals surface area contributed by atoms with E-state index in [-0.39, 0.29) is 42.1 Å². The molecule has 0 atom stereocenters. The van der Waals surface area contributed by atoms with Gasteiger partial charge in [0, 0.05) is 66.5 Å². The highest BCUT2D eigenvalue weighted by atomic mass is 127. The first-order valence-corrected chi connectivity index (χ1v) is 18.6. The molecule has 3 aliphatic heterocycles. The monoisotopic (exact) mass is 871 g/mol. The van der Waals surface area contributed by atoms with Crippen LogP contribution in [0, 0.1) is 8.99 Å². The number of ether oxygens (including phenoxy) is 4. The van der Waals surface area contributed by atoms with E-state index in [1.54, 1.807) is 9.80 Å². The zero-order valence-corrected chi connectivity index (χ0v) is 32.0. The Bertz CT molecular complexity index is 1690. The van der Waals surface area contributed by atoms with Gasteiger partial charge in [0.25, 0.3) is 6.43 Å². The van der Waals surface area contributed by atoms with Gasteiger partial charge in [0.15, 0.2) is 5.75 Å². The third kappa shape index (κ3) is 8.62.